The van der Waals surface area contributed by atoms with Gasteiger partial charge < -0.3 is 47.1 Å². The molecule has 25 heteroatoms. The summed E-state index contributed by atoms with van der Waals surface area (Å²) in [5, 5.41) is 28.1. The molecular weight excluding hydrogens is 1100 g/mol. The summed E-state index contributed by atoms with van der Waals surface area (Å²) < 4.78 is 51.1. The Morgan fingerprint density at radius 2 is 1.05 bits per heavy atom. The van der Waals surface area contributed by atoms with Gasteiger partial charge in [0, 0.05) is 40.5 Å². The standard InChI is InChI=1S/C25H30N4O6SSi.C22H26N4O4SSi.C3H5BrO2/c1-31-19-7-6-8-20-22(19)26-25(36-20)29(16-33-13-14-37(3,4)5)24-28-27-23(35-24)17-9-11-18(12-10-17)34-15-21(30)32-2;1-28-17-6-5-7-18-19(17)23-22(31-18)26(14-29-12-13-32(2,3)4)21-25-24-20(30-21)15-8-10-16(27)11-9-15;1-6-3(5)2-4/h6-12H,13-16H2,1-5H3;5-11,27H,12-14H2,1-4H3;2H2,1H3. The van der Waals surface area contributed by atoms with Crippen LogP contribution in [0.5, 0.6) is 23.0 Å². The molecule has 75 heavy (non-hydrogen) atoms. The number of esters is 2. The van der Waals surface area contributed by atoms with Crippen LogP contribution in [0.15, 0.2) is 93.8 Å². The second-order valence-corrected chi connectivity index (χ2v) is 32.4. The molecule has 4 aromatic carbocycles. The molecule has 0 saturated carbocycles. The van der Waals surface area contributed by atoms with Crippen LogP contribution in [0.1, 0.15) is 0 Å². The highest BCUT2D eigenvalue weighted by atomic mass is 79.9. The highest BCUT2D eigenvalue weighted by molar-refractivity contribution is 9.09. The van der Waals surface area contributed by atoms with E-state index in [1.807, 2.05) is 36.4 Å². The number of aromatic nitrogens is 6. The van der Waals surface area contributed by atoms with E-state index in [9.17, 15) is 14.7 Å². The average Bonchev–Trinajstić information content (AvgIpc) is 4.25. The first-order valence-electron chi connectivity index (χ1n) is 23.4. The zero-order valence-electron chi connectivity index (χ0n) is 43.4. The summed E-state index contributed by atoms with van der Waals surface area (Å²) in [6.07, 6.45) is 0. The maximum absolute atomic E-state index is 11.3. The molecule has 4 heterocycles. The second-order valence-electron chi connectivity index (χ2n) is 18.6. The molecule has 8 rings (SSSR count). The number of phenols is 1. The summed E-state index contributed by atoms with van der Waals surface area (Å²) in [4.78, 5) is 34.3. The fourth-order valence-electron chi connectivity index (χ4n) is 6.27. The third-order valence-corrected chi connectivity index (χ3v) is 16.5. The summed E-state index contributed by atoms with van der Waals surface area (Å²) >= 11 is 5.89. The van der Waals surface area contributed by atoms with Crippen molar-refractivity contribution < 1.29 is 56.7 Å². The van der Waals surface area contributed by atoms with Crippen molar-refractivity contribution in [1.29, 1.82) is 0 Å². The van der Waals surface area contributed by atoms with E-state index >= 15 is 0 Å². The van der Waals surface area contributed by atoms with Crippen LogP contribution >= 0.6 is 38.6 Å². The summed E-state index contributed by atoms with van der Waals surface area (Å²) in [6.45, 7) is 15.5. The van der Waals surface area contributed by atoms with E-state index in [2.05, 4.69) is 85.1 Å². The molecule has 400 valence electrons. The third kappa shape index (κ3) is 17.0. The van der Waals surface area contributed by atoms with Gasteiger partial charge in [-0.25, -0.2) is 24.6 Å². The number of ether oxygens (including phenoxy) is 7. The third-order valence-electron chi connectivity index (χ3n) is 10.5. The second kappa shape index (κ2) is 27.3. The number of halogens is 1. The molecule has 0 radical (unpaired) electrons. The van der Waals surface area contributed by atoms with E-state index in [1.54, 1.807) is 72.6 Å². The van der Waals surface area contributed by atoms with Gasteiger partial charge >= 0.3 is 24.0 Å². The highest BCUT2D eigenvalue weighted by Gasteiger charge is 2.25. The smallest absolute Gasteiger partial charge is 0.343 e. The summed E-state index contributed by atoms with van der Waals surface area (Å²) in [5.74, 6) is 2.09. The Hall–Kier alpha value is -6.49. The van der Waals surface area contributed by atoms with Gasteiger partial charge in [0.2, 0.25) is 11.8 Å². The highest BCUT2D eigenvalue weighted by Crippen LogP contribution is 2.39. The number of rotatable bonds is 22. The summed E-state index contributed by atoms with van der Waals surface area (Å²) in [6, 6.07) is 27.9. The topological polar surface area (TPSA) is 229 Å². The number of hydrogen-bond donors (Lipinski definition) is 1. The predicted molar refractivity (Wildman–Crippen MR) is 299 cm³/mol. The lowest BCUT2D eigenvalue weighted by Crippen LogP contribution is -2.25. The lowest BCUT2D eigenvalue weighted by atomic mass is 10.2. The molecular formula is C50H61BrN8O12S2Si2. The van der Waals surface area contributed by atoms with Crippen molar-refractivity contribution in [3.63, 3.8) is 0 Å². The number of para-hydroxylation sites is 2. The van der Waals surface area contributed by atoms with E-state index < -0.39 is 22.1 Å². The van der Waals surface area contributed by atoms with E-state index in [1.165, 1.54) is 36.9 Å². The number of carbonyl (C=O) groups is 2. The Morgan fingerprint density at radius 1 is 0.613 bits per heavy atom. The number of nitrogens with zero attached hydrogens (tertiary/aromatic N) is 8. The van der Waals surface area contributed by atoms with Crippen LogP contribution in [-0.4, -0.2) is 131 Å². The number of thiazole rings is 2. The lowest BCUT2D eigenvalue weighted by Gasteiger charge is -2.19. The summed E-state index contributed by atoms with van der Waals surface area (Å²) in [7, 11) is 3.46. The number of alkyl halides is 1. The quantitative estimate of drug-likeness (QED) is 0.0219. The maximum atomic E-state index is 11.3. The number of anilines is 4. The molecule has 4 aromatic heterocycles. The Morgan fingerprint density at radius 3 is 1.44 bits per heavy atom. The largest absolute Gasteiger partial charge is 0.508 e. The van der Waals surface area contributed by atoms with Gasteiger partial charge in [-0.2, -0.15) is 0 Å². The van der Waals surface area contributed by atoms with Crippen molar-refractivity contribution in [2.75, 3.05) is 76.9 Å². The minimum Gasteiger partial charge on any atom is -0.508 e. The molecule has 0 saturated heterocycles. The van der Waals surface area contributed by atoms with Crippen LogP contribution in [-0.2, 0) is 28.5 Å². The number of hydrogen-bond acceptors (Lipinski definition) is 22. The van der Waals surface area contributed by atoms with Crippen LogP contribution in [0, 0.1) is 0 Å². The van der Waals surface area contributed by atoms with E-state index in [0.29, 0.717) is 69.6 Å². The average molecular weight is 1170 g/mol. The van der Waals surface area contributed by atoms with Gasteiger partial charge in [-0.3, -0.25) is 4.79 Å². The molecule has 0 amide bonds. The molecule has 0 aliphatic carbocycles. The van der Waals surface area contributed by atoms with Gasteiger partial charge in [0.1, 0.15) is 52.8 Å². The molecule has 0 spiro atoms. The molecule has 20 nitrogen and oxygen atoms in total. The molecule has 0 bridgehead atoms. The summed E-state index contributed by atoms with van der Waals surface area (Å²) in [5.41, 5.74) is 2.96. The number of aromatic hydroxyl groups is 1. The van der Waals surface area contributed by atoms with Crippen LogP contribution in [0.25, 0.3) is 43.3 Å². The predicted octanol–water partition coefficient (Wildman–Crippen LogP) is 11.4. The zero-order valence-corrected chi connectivity index (χ0v) is 48.7. The minimum atomic E-state index is -1.25. The van der Waals surface area contributed by atoms with Crippen molar-refractivity contribution in [1.82, 2.24) is 30.4 Å². The van der Waals surface area contributed by atoms with E-state index in [4.69, 9.17) is 42.5 Å². The minimum absolute atomic E-state index is 0.167. The zero-order chi connectivity index (χ0) is 54.1. The van der Waals surface area contributed by atoms with Crippen LogP contribution in [0.2, 0.25) is 51.4 Å². The molecule has 0 aliphatic heterocycles. The Kier molecular flexibility index (Phi) is 21.1. The van der Waals surface area contributed by atoms with Gasteiger partial charge in [0.25, 0.3) is 0 Å². The first kappa shape index (κ1) is 57.8. The van der Waals surface area contributed by atoms with E-state index in [-0.39, 0.29) is 43.1 Å². The Balaban J connectivity index is 0.000000222. The monoisotopic (exact) mass is 1160 g/mol. The van der Waals surface area contributed by atoms with Crippen molar-refractivity contribution in [3.8, 4) is 45.9 Å². The molecule has 0 fully saturated rings. The fraction of sp³-hybridized carbons (Fsp3) is 0.360. The first-order valence-corrected chi connectivity index (χ1v) is 33.6. The number of phenolic OH excluding ortho intramolecular Hbond substituents is 1. The Bertz CT molecular complexity index is 3070. The molecule has 0 unspecified atom stereocenters. The molecule has 8 aromatic rings. The molecule has 1 N–H and O–H groups in total. The lowest BCUT2D eigenvalue weighted by molar-refractivity contribution is -0.143. The maximum Gasteiger partial charge on any atom is 0.343 e. The van der Waals surface area contributed by atoms with Gasteiger partial charge in [-0.15, -0.1) is 10.2 Å². The fourth-order valence-corrected chi connectivity index (χ4v) is 9.94. The van der Waals surface area contributed by atoms with Crippen LogP contribution in [0.4, 0.5) is 22.3 Å². The van der Waals surface area contributed by atoms with E-state index in [0.717, 1.165) is 32.5 Å². The van der Waals surface area contributed by atoms with Crippen LogP contribution < -0.4 is 24.0 Å². The van der Waals surface area contributed by atoms with Gasteiger partial charge in [-0.05, 0) is 84.9 Å². The SMILES string of the molecule is COC(=O)CBr.COC(=O)COc1ccc(-c2nnc(N(COCC[Si](C)(C)C)c3nc4c(OC)cccc4s3)o2)cc1.COc1cccc2sc(N(COCC[Si](C)(C)C)c3nnc(-c4ccc(O)cc4)o3)nc12. The Labute approximate surface area is 453 Å². The van der Waals surface area contributed by atoms with Crippen molar-refractivity contribution >= 4 is 109 Å². The van der Waals surface area contributed by atoms with Gasteiger partial charge in [-0.1, -0.05) is 100 Å². The number of benzene rings is 4. The van der Waals surface area contributed by atoms with Gasteiger partial charge in [0.05, 0.1) is 37.8 Å². The van der Waals surface area contributed by atoms with Gasteiger partial charge in [0.15, 0.2) is 16.9 Å². The first-order chi connectivity index (χ1) is 35.9. The molecule has 0 atom stereocenters. The number of fused-ring (bicyclic) bond motifs is 2. The number of carbonyl (C=O) groups excluding carboxylic acids is 2. The van der Waals surface area contributed by atoms with Crippen molar-refractivity contribution in [2.24, 2.45) is 0 Å². The van der Waals surface area contributed by atoms with Crippen molar-refractivity contribution in [2.45, 2.75) is 51.4 Å². The normalized spacial score (nSPS) is 11.3. The number of methoxy groups -OCH3 is 4. The molecule has 0 aliphatic rings. The van der Waals surface area contributed by atoms with Crippen LogP contribution in [0.3, 0.4) is 0 Å². The van der Waals surface area contributed by atoms with Crippen molar-refractivity contribution in [3.05, 3.63) is 84.9 Å².